The Labute approximate surface area is 252 Å². The van der Waals surface area contributed by atoms with Crippen LogP contribution in [0.5, 0.6) is 0 Å². The third-order valence-electron chi connectivity index (χ3n) is 9.10. The highest BCUT2D eigenvalue weighted by molar-refractivity contribution is 7.26. The molecular formula is C38H19N3S2. The molecule has 0 saturated carbocycles. The minimum atomic E-state index is 0.921. The van der Waals surface area contributed by atoms with Crippen LogP contribution in [-0.2, 0) is 0 Å². The maximum absolute atomic E-state index is 5.20. The van der Waals surface area contributed by atoms with E-state index in [2.05, 4.69) is 108 Å². The van der Waals surface area contributed by atoms with Crippen LogP contribution in [0.15, 0.2) is 115 Å². The third kappa shape index (κ3) is 2.84. The smallest absolute Gasteiger partial charge is 0.165 e. The van der Waals surface area contributed by atoms with Gasteiger partial charge in [-0.3, -0.25) is 4.40 Å². The lowest BCUT2D eigenvalue weighted by atomic mass is 9.98. The van der Waals surface area contributed by atoms with E-state index in [9.17, 15) is 0 Å². The molecule has 0 saturated heterocycles. The van der Waals surface area contributed by atoms with Crippen LogP contribution in [0.4, 0.5) is 0 Å². The van der Waals surface area contributed by atoms with E-state index >= 15 is 0 Å². The number of aromatic nitrogens is 3. The van der Waals surface area contributed by atoms with Crippen molar-refractivity contribution in [3.63, 3.8) is 0 Å². The molecule has 0 N–H and O–H groups in total. The molecule has 0 bridgehead atoms. The lowest BCUT2D eigenvalue weighted by molar-refractivity contribution is 1.28. The fourth-order valence-corrected chi connectivity index (χ4v) is 9.48. The summed E-state index contributed by atoms with van der Waals surface area (Å²) in [4.78, 5) is 10.4. The van der Waals surface area contributed by atoms with Gasteiger partial charge in [-0.1, -0.05) is 60.7 Å². The van der Waals surface area contributed by atoms with E-state index in [4.69, 9.17) is 9.97 Å². The molecule has 0 fully saturated rings. The van der Waals surface area contributed by atoms with E-state index < -0.39 is 0 Å². The van der Waals surface area contributed by atoms with Crippen molar-refractivity contribution < 1.29 is 0 Å². The lowest BCUT2D eigenvalue weighted by Crippen LogP contribution is -1.89. The number of para-hydroxylation sites is 2. The van der Waals surface area contributed by atoms with Crippen molar-refractivity contribution in [2.45, 2.75) is 0 Å². The fourth-order valence-electron chi connectivity index (χ4n) is 7.24. The monoisotopic (exact) mass is 581 g/mol. The van der Waals surface area contributed by atoms with Crippen molar-refractivity contribution in [1.29, 1.82) is 0 Å². The summed E-state index contributed by atoms with van der Waals surface area (Å²) in [6.07, 6.45) is 0. The largest absolute Gasteiger partial charge is 0.291 e. The number of rotatable bonds is 1. The van der Waals surface area contributed by atoms with Gasteiger partial charge in [0, 0.05) is 56.5 Å². The predicted octanol–water partition coefficient (Wildman–Crippen LogP) is 11.2. The van der Waals surface area contributed by atoms with Gasteiger partial charge in [0.15, 0.2) is 5.65 Å². The van der Waals surface area contributed by atoms with Gasteiger partial charge in [-0.25, -0.2) is 9.97 Å². The molecule has 3 nitrogen and oxygen atoms in total. The molecule has 5 aromatic heterocycles. The molecule has 0 aliphatic carbocycles. The molecule has 5 heterocycles. The van der Waals surface area contributed by atoms with Gasteiger partial charge in [-0.15, -0.1) is 22.7 Å². The Morgan fingerprint density at radius 2 is 1.12 bits per heavy atom. The van der Waals surface area contributed by atoms with Crippen LogP contribution in [-0.4, -0.2) is 14.4 Å². The molecule has 0 unspecified atom stereocenters. The molecule has 43 heavy (non-hydrogen) atoms. The van der Waals surface area contributed by atoms with Crippen molar-refractivity contribution in [2.75, 3.05) is 0 Å². The van der Waals surface area contributed by atoms with Crippen LogP contribution in [0.1, 0.15) is 0 Å². The highest BCUT2D eigenvalue weighted by Crippen LogP contribution is 2.48. The summed E-state index contributed by atoms with van der Waals surface area (Å²) in [5.41, 5.74) is 8.61. The van der Waals surface area contributed by atoms with E-state index in [0.29, 0.717) is 0 Å². The Kier molecular flexibility index (Phi) is 4.10. The van der Waals surface area contributed by atoms with Gasteiger partial charge in [0.1, 0.15) is 5.52 Å². The van der Waals surface area contributed by atoms with Crippen molar-refractivity contribution in [1.82, 2.24) is 14.4 Å². The van der Waals surface area contributed by atoms with Crippen LogP contribution in [0.3, 0.4) is 0 Å². The zero-order valence-electron chi connectivity index (χ0n) is 22.6. The molecule has 0 radical (unpaired) electrons. The van der Waals surface area contributed by atoms with E-state index in [1.807, 2.05) is 34.8 Å². The zero-order chi connectivity index (χ0) is 27.8. The summed E-state index contributed by atoms with van der Waals surface area (Å²) in [5, 5.41) is 9.03. The second kappa shape index (κ2) is 7.84. The molecule has 0 atom stereocenters. The van der Waals surface area contributed by atoms with Crippen LogP contribution in [0.2, 0.25) is 0 Å². The molecule has 0 spiro atoms. The Bertz CT molecular complexity index is 2960. The SMILES string of the molecule is c1ccc2nc3c(nc2c1)c1cc2sc4ccccc4c2c2c4cc(-c5ccc6sc7ccccc7c6c5)ccc4n3c12. The third-order valence-corrected chi connectivity index (χ3v) is 11.4. The van der Waals surface area contributed by atoms with Crippen LogP contribution in [0.25, 0.3) is 101 Å². The molecule has 0 amide bonds. The molecule has 6 aromatic carbocycles. The highest BCUT2D eigenvalue weighted by atomic mass is 32.1. The van der Waals surface area contributed by atoms with Gasteiger partial charge in [0.05, 0.1) is 22.1 Å². The molecular weight excluding hydrogens is 563 g/mol. The quantitative estimate of drug-likeness (QED) is 0.193. The van der Waals surface area contributed by atoms with Gasteiger partial charge < -0.3 is 0 Å². The molecule has 5 heteroatoms. The van der Waals surface area contributed by atoms with E-state index in [0.717, 1.165) is 22.2 Å². The fraction of sp³-hybridized carbons (Fsp3) is 0. The van der Waals surface area contributed by atoms with Gasteiger partial charge in [-0.05, 0) is 65.7 Å². The van der Waals surface area contributed by atoms with Crippen LogP contribution < -0.4 is 0 Å². The van der Waals surface area contributed by atoms with E-state index in [1.165, 1.54) is 78.7 Å². The van der Waals surface area contributed by atoms with Crippen molar-refractivity contribution in [3.8, 4) is 11.1 Å². The maximum atomic E-state index is 5.20. The summed E-state index contributed by atoms with van der Waals surface area (Å²) in [5.74, 6) is 0. The Balaban J connectivity index is 1.31. The summed E-state index contributed by atoms with van der Waals surface area (Å²) < 4.78 is 7.63. The normalized spacial score (nSPS) is 12.7. The summed E-state index contributed by atoms with van der Waals surface area (Å²) >= 11 is 3.73. The van der Waals surface area contributed by atoms with Gasteiger partial charge in [0.2, 0.25) is 0 Å². The average molecular weight is 582 g/mol. The number of fused-ring (bicyclic) bond motifs is 14. The first-order valence-electron chi connectivity index (χ1n) is 14.4. The number of thiophene rings is 2. The second-order valence-electron chi connectivity index (χ2n) is 11.4. The first kappa shape index (κ1) is 22.5. The number of hydrogen-bond donors (Lipinski definition) is 0. The standard InChI is InChI=1S/C38H19N3S2/c1-5-11-30-22(7-1)24-17-21(14-16-32(24)42-30)20-13-15-29-25(18-20)35-34-23-8-2-6-12-31(23)43-33(34)19-26-36-38(41(29)37(26)35)40-28-10-4-3-9-27(28)39-36/h1-19H. The van der Waals surface area contributed by atoms with E-state index in [-0.39, 0.29) is 0 Å². The minimum Gasteiger partial charge on any atom is -0.291 e. The van der Waals surface area contributed by atoms with Crippen LogP contribution in [0, 0.1) is 0 Å². The van der Waals surface area contributed by atoms with Gasteiger partial charge in [0.25, 0.3) is 0 Å². The lowest BCUT2D eigenvalue weighted by Gasteiger charge is -2.05. The number of hydrogen-bond acceptors (Lipinski definition) is 4. The molecule has 11 rings (SSSR count). The van der Waals surface area contributed by atoms with Gasteiger partial charge >= 0.3 is 0 Å². The summed E-state index contributed by atoms with van der Waals surface area (Å²) in [6, 6.07) is 42.0. The maximum Gasteiger partial charge on any atom is 0.165 e. The van der Waals surface area contributed by atoms with Crippen molar-refractivity contribution in [2.24, 2.45) is 0 Å². The van der Waals surface area contributed by atoms with Gasteiger partial charge in [-0.2, -0.15) is 0 Å². The Morgan fingerprint density at radius 3 is 1.98 bits per heavy atom. The predicted molar refractivity (Wildman–Crippen MR) is 185 cm³/mol. The Hall–Kier alpha value is -5.10. The minimum absolute atomic E-state index is 0.921. The zero-order valence-corrected chi connectivity index (χ0v) is 24.3. The number of nitrogens with zero attached hydrogens (tertiary/aromatic N) is 3. The average Bonchev–Trinajstić information content (AvgIpc) is 3.79. The second-order valence-corrected chi connectivity index (χ2v) is 13.5. The Morgan fingerprint density at radius 1 is 0.465 bits per heavy atom. The topological polar surface area (TPSA) is 30.2 Å². The summed E-state index contributed by atoms with van der Waals surface area (Å²) in [7, 11) is 0. The van der Waals surface area contributed by atoms with Crippen molar-refractivity contribution in [3.05, 3.63) is 115 Å². The van der Waals surface area contributed by atoms with Crippen LogP contribution >= 0.6 is 22.7 Å². The number of benzene rings is 6. The summed E-state index contributed by atoms with van der Waals surface area (Å²) in [6.45, 7) is 0. The van der Waals surface area contributed by atoms with Crippen molar-refractivity contribution >= 4 is 112 Å². The highest BCUT2D eigenvalue weighted by Gasteiger charge is 2.24. The van der Waals surface area contributed by atoms with E-state index in [1.54, 1.807) is 0 Å². The molecule has 0 aliphatic rings. The first-order valence-corrected chi connectivity index (χ1v) is 16.1. The molecule has 11 aromatic rings. The molecule has 0 aliphatic heterocycles. The molecule has 198 valence electrons. The first-order chi connectivity index (χ1) is 21.3.